The first-order chi connectivity index (χ1) is 11.5. The fraction of sp³-hybridized carbons (Fsp3) is 0.375. The zero-order chi connectivity index (χ0) is 17.8. The molecular formula is C16H18O8. The molecule has 0 amide bonds. The van der Waals surface area contributed by atoms with Gasteiger partial charge in [-0.2, -0.15) is 0 Å². The van der Waals surface area contributed by atoms with Crippen molar-refractivity contribution in [1.29, 1.82) is 0 Å². The highest BCUT2D eigenvalue weighted by molar-refractivity contribution is 5.80. The fourth-order valence-electron chi connectivity index (χ4n) is 1.40. The zero-order valence-electron chi connectivity index (χ0n) is 13.2. The molecule has 0 heterocycles. The Kier molecular flexibility index (Phi) is 8.77. The summed E-state index contributed by atoms with van der Waals surface area (Å²) in [6, 6.07) is 9.03. The lowest BCUT2D eigenvalue weighted by Crippen LogP contribution is -2.22. The second-order valence-corrected chi connectivity index (χ2v) is 4.66. The Bertz CT molecular complexity index is 567. The maximum atomic E-state index is 11.4. The van der Waals surface area contributed by atoms with E-state index in [1.54, 1.807) is 12.1 Å². The molecule has 0 spiro atoms. The lowest BCUT2D eigenvalue weighted by atomic mass is 10.2. The molecule has 0 saturated carbocycles. The number of carbonyl (C=O) groups excluding carboxylic acids is 4. The van der Waals surface area contributed by atoms with Crippen LogP contribution in [0.2, 0.25) is 0 Å². The predicted octanol–water partition coefficient (Wildman–Crippen LogP) is 0.422. The Morgan fingerprint density at radius 2 is 1.29 bits per heavy atom. The van der Waals surface area contributed by atoms with Gasteiger partial charge in [0.2, 0.25) is 0 Å². The van der Waals surface area contributed by atoms with Crippen LogP contribution in [0.1, 0.15) is 12.5 Å². The molecule has 1 aromatic carbocycles. The van der Waals surface area contributed by atoms with Crippen LogP contribution in [0.5, 0.6) is 0 Å². The van der Waals surface area contributed by atoms with Crippen LogP contribution in [0.4, 0.5) is 0 Å². The third kappa shape index (κ3) is 9.31. The van der Waals surface area contributed by atoms with Crippen LogP contribution < -0.4 is 0 Å². The molecule has 0 radical (unpaired) electrons. The van der Waals surface area contributed by atoms with Gasteiger partial charge in [-0.1, -0.05) is 30.3 Å². The van der Waals surface area contributed by atoms with E-state index in [4.69, 9.17) is 9.47 Å². The third-order valence-electron chi connectivity index (χ3n) is 2.47. The Balaban J connectivity index is 2.09. The van der Waals surface area contributed by atoms with Gasteiger partial charge < -0.3 is 18.9 Å². The molecule has 0 unspecified atom stereocenters. The molecule has 0 atom stereocenters. The van der Waals surface area contributed by atoms with E-state index in [2.05, 4.69) is 9.47 Å². The molecule has 0 aliphatic rings. The summed E-state index contributed by atoms with van der Waals surface area (Å²) in [6.07, 6.45) is 0. The van der Waals surface area contributed by atoms with Crippen molar-refractivity contribution in [3.63, 3.8) is 0 Å². The van der Waals surface area contributed by atoms with Gasteiger partial charge in [0.05, 0.1) is 0 Å². The van der Waals surface area contributed by atoms with Gasteiger partial charge in [-0.25, -0.2) is 14.4 Å². The van der Waals surface area contributed by atoms with Crippen molar-refractivity contribution in [2.75, 3.05) is 26.4 Å². The Hall–Kier alpha value is -2.74. The van der Waals surface area contributed by atoms with Gasteiger partial charge in [0.15, 0.2) is 12.4 Å². The quantitative estimate of drug-likeness (QED) is 0.446. The van der Waals surface area contributed by atoms with E-state index in [0.29, 0.717) is 0 Å². The first-order valence-corrected chi connectivity index (χ1v) is 7.05. The molecule has 0 saturated heterocycles. The fourth-order valence-corrected chi connectivity index (χ4v) is 1.40. The lowest BCUT2D eigenvalue weighted by Gasteiger charge is -2.07. The SMILES string of the molecule is CC(=O)COC(=O)COCC(=O)OCC(=O)OCc1ccccc1. The van der Waals surface area contributed by atoms with Crippen molar-refractivity contribution in [3.05, 3.63) is 35.9 Å². The number of Topliss-reactive ketones (excluding diaryl/α,β-unsaturated/α-hetero) is 1. The van der Waals surface area contributed by atoms with Gasteiger partial charge in [0.1, 0.15) is 26.4 Å². The number of carbonyl (C=O) groups is 4. The van der Waals surface area contributed by atoms with Gasteiger partial charge >= 0.3 is 17.9 Å². The second kappa shape index (κ2) is 10.9. The van der Waals surface area contributed by atoms with E-state index in [1.807, 2.05) is 18.2 Å². The number of ketones is 1. The Morgan fingerprint density at radius 3 is 1.88 bits per heavy atom. The summed E-state index contributed by atoms with van der Waals surface area (Å²) >= 11 is 0. The summed E-state index contributed by atoms with van der Waals surface area (Å²) in [5, 5.41) is 0. The molecule has 130 valence electrons. The summed E-state index contributed by atoms with van der Waals surface area (Å²) < 4.78 is 18.8. The van der Waals surface area contributed by atoms with E-state index in [0.717, 1.165) is 5.56 Å². The summed E-state index contributed by atoms with van der Waals surface area (Å²) in [6.45, 7) is -0.580. The lowest BCUT2D eigenvalue weighted by molar-refractivity contribution is -0.164. The highest BCUT2D eigenvalue weighted by atomic mass is 16.6. The van der Waals surface area contributed by atoms with Crippen molar-refractivity contribution >= 4 is 23.7 Å². The molecule has 24 heavy (non-hydrogen) atoms. The van der Waals surface area contributed by atoms with Crippen LogP contribution >= 0.6 is 0 Å². The molecule has 0 bridgehead atoms. The van der Waals surface area contributed by atoms with E-state index in [1.165, 1.54) is 6.92 Å². The van der Waals surface area contributed by atoms with Crippen molar-refractivity contribution < 1.29 is 38.1 Å². The first-order valence-electron chi connectivity index (χ1n) is 7.05. The van der Waals surface area contributed by atoms with Crippen LogP contribution in [0.3, 0.4) is 0 Å². The maximum Gasteiger partial charge on any atom is 0.344 e. The van der Waals surface area contributed by atoms with Crippen LogP contribution in [-0.2, 0) is 44.7 Å². The van der Waals surface area contributed by atoms with Crippen LogP contribution in [-0.4, -0.2) is 50.1 Å². The van der Waals surface area contributed by atoms with E-state index < -0.39 is 37.7 Å². The van der Waals surface area contributed by atoms with E-state index in [9.17, 15) is 19.2 Å². The standard InChI is InChI=1S/C16H18O8/c1-12(17)7-22-14(18)9-21-10-15(19)24-11-16(20)23-8-13-5-3-2-4-6-13/h2-6H,7-11H2,1H3. The van der Waals surface area contributed by atoms with Gasteiger partial charge in [-0.15, -0.1) is 0 Å². The Morgan fingerprint density at radius 1 is 0.750 bits per heavy atom. The summed E-state index contributed by atoms with van der Waals surface area (Å²) in [4.78, 5) is 44.4. The molecule has 0 aromatic heterocycles. The molecule has 8 heteroatoms. The minimum Gasteiger partial charge on any atom is -0.458 e. The van der Waals surface area contributed by atoms with E-state index in [-0.39, 0.29) is 19.0 Å². The van der Waals surface area contributed by atoms with E-state index >= 15 is 0 Å². The van der Waals surface area contributed by atoms with Crippen LogP contribution in [0, 0.1) is 0 Å². The number of benzene rings is 1. The number of esters is 3. The molecule has 1 rings (SSSR count). The molecule has 0 aliphatic heterocycles. The average Bonchev–Trinajstić information content (AvgIpc) is 2.57. The second-order valence-electron chi connectivity index (χ2n) is 4.66. The predicted molar refractivity (Wildman–Crippen MR) is 79.7 cm³/mol. The number of rotatable bonds is 10. The smallest absolute Gasteiger partial charge is 0.344 e. The minimum atomic E-state index is -0.828. The molecule has 8 nitrogen and oxygen atoms in total. The van der Waals surface area contributed by atoms with Crippen molar-refractivity contribution in [1.82, 2.24) is 0 Å². The molecule has 0 aliphatic carbocycles. The molecular weight excluding hydrogens is 320 g/mol. The van der Waals surface area contributed by atoms with Gasteiger partial charge in [0.25, 0.3) is 0 Å². The van der Waals surface area contributed by atoms with Gasteiger partial charge in [-0.3, -0.25) is 4.79 Å². The number of hydrogen-bond donors (Lipinski definition) is 0. The van der Waals surface area contributed by atoms with Gasteiger partial charge in [0, 0.05) is 0 Å². The zero-order valence-corrected chi connectivity index (χ0v) is 13.2. The molecule has 1 aromatic rings. The van der Waals surface area contributed by atoms with Crippen molar-refractivity contribution in [2.45, 2.75) is 13.5 Å². The van der Waals surface area contributed by atoms with Crippen LogP contribution in [0.15, 0.2) is 30.3 Å². The van der Waals surface area contributed by atoms with Gasteiger partial charge in [-0.05, 0) is 12.5 Å². The summed E-state index contributed by atoms with van der Waals surface area (Å²) in [7, 11) is 0. The summed E-state index contributed by atoms with van der Waals surface area (Å²) in [5.74, 6) is -2.61. The third-order valence-corrected chi connectivity index (χ3v) is 2.47. The van der Waals surface area contributed by atoms with Crippen LogP contribution in [0.25, 0.3) is 0 Å². The highest BCUT2D eigenvalue weighted by Crippen LogP contribution is 2.00. The normalized spacial score (nSPS) is 9.88. The van der Waals surface area contributed by atoms with Crippen molar-refractivity contribution in [3.8, 4) is 0 Å². The topological polar surface area (TPSA) is 105 Å². The molecule has 0 fully saturated rings. The molecule has 0 N–H and O–H groups in total. The Labute approximate surface area is 138 Å². The monoisotopic (exact) mass is 338 g/mol. The summed E-state index contributed by atoms with van der Waals surface area (Å²) in [5.41, 5.74) is 0.810. The maximum absolute atomic E-state index is 11.4. The first kappa shape index (κ1) is 19.3. The average molecular weight is 338 g/mol. The largest absolute Gasteiger partial charge is 0.458 e. The van der Waals surface area contributed by atoms with Crippen molar-refractivity contribution in [2.24, 2.45) is 0 Å². The minimum absolute atomic E-state index is 0.0791. The number of hydrogen-bond acceptors (Lipinski definition) is 8. The number of ether oxygens (including phenoxy) is 4. The highest BCUT2D eigenvalue weighted by Gasteiger charge is 2.11.